The Morgan fingerprint density at radius 2 is 1.48 bits per heavy atom. The molecule has 0 unspecified atom stereocenters. The maximum Gasteiger partial charge on any atom is 0.255 e. The summed E-state index contributed by atoms with van der Waals surface area (Å²) < 4.78 is 26.7. The van der Waals surface area contributed by atoms with E-state index in [2.05, 4.69) is 5.32 Å². The molecular formula is C13H7Cl3F2N2O. The fraction of sp³-hybridized carbons (Fsp3) is 0. The van der Waals surface area contributed by atoms with Crippen LogP contribution in [0.4, 0.5) is 20.2 Å². The van der Waals surface area contributed by atoms with E-state index in [1.807, 2.05) is 0 Å². The molecule has 0 heterocycles. The molecule has 1 amide bonds. The number of nitrogens with two attached hydrogens (primary N) is 1. The zero-order chi connectivity index (χ0) is 15.7. The maximum atomic E-state index is 13.3. The van der Waals surface area contributed by atoms with E-state index >= 15 is 0 Å². The van der Waals surface area contributed by atoms with Crippen molar-refractivity contribution >= 4 is 52.1 Å². The predicted octanol–water partition coefficient (Wildman–Crippen LogP) is 4.76. The Balaban J connectivity index is 2.35. The van der Waals surface area contributed by atoms with Crippen molar-refractivity contribution in [1.82, 2.24) is 0 Å². The van der Waals surface area contributed by atoms with Crippen molar-refractivity contribution in [1.29, 1.82) is 0 Å². The first-order valence-electron chi connectivity index (χ1n) is 5.50. The molecule has 3 nitrogen and oxygen atoms in total. The third-order valence-electron chi connectivity index (χ3n) is 2.59. The lowest BCUT2D eigenvalue weighted by atomic mass is 10.1. The molecule has 0 fully saturated rings. The van der Waals surface area contributed by atoms with Crippen LogP contribution in [-0.4, -0.2) is 5.91 Å². The molecule has 0 bridgehead atoms. The first kappa shape index (κ1) is 15.8. The summed E-state index contributed by atoms with van der Waals surface area (Å²) in [6, 6.07) is 4.36. The second-order valence-electron chi connectivity index (χ2n) is 4.05. The van der Waals surface area contributed by atoms with Crippen molar-refractivity contribution < 1.29 is 13.6 Å². The van der Waals surface area contributed by atoms with Gasteiger partial charge in [0.25, 0.3) is 5.91 Å². The van der Waals surface area contributed by atoms with E-state index in [0.717, 1.165) is 12.1 Å². The molecule has 2 aromatic carbocycles. The summed E-state index contributed by atoms with van der Waals surface area (Å²) in [7, 11) is 0. The molecule has 0 aliphatic rings. The Hall–Kier alpha value is -1.56. The van der Waals surface area contributed by atoms with Gasteiger partial charge in [0, 0.05) is 10.6 Å². The van der Waals surface area contributed by atoms with Crippen molar-refractivity contribution in [2.75, 3.05) is 11.1 Å². The number of halogens is 5. The van der Waals surface area contributed by atoms with E-state index in [9.17, 15) is 13.6 Å². The van der Waals surface area contributed by atoms with Gasteiger partial charge in [0.05, 0.1) is 15.7 Å². The molecule has 0 aliphatic carbocycles. The summed E-state index contributed by atoms with van der Waals surface area (Å²) in [4.78, 5) is 12.0. The third kappa shape index (κ3) is 3.37. The lowest BCUT2D eigenvalue weighted by Gasteiger charge is -2.10. The number of rotatable bonds is 2. The first-order valence-corrected chi connectivity index (χ1v) is 6.63. The average Bonchev–Trinajstić information content (AvgIpc) is 2.39. The SMILES string of the molecule is Nc1c(F)cc(C(=O)Nc2c(Cl)cc(Cl)cc2Cl)cc1F. The number of hydrogen-bond acceptors (Lipinski definition) is 2. The molecule has 0 saturated heterocycles. The normalized spacial score (nSPS) is 10.5. The molecule has 2 aromatic rings. The number of hydrogen-bond donors (Lipinski definition) is 2. The van der Waals surface area contributed by atoms with E-state index in [-0.39, 0.29) is 26.3 Å². The van der Waals surface area contributed by atoms with Crippen LogP contribution in [0.15, 0.2) is 24.3 Å². The van der Waals surface area contributed by atoms with Crippen LogP contribution >= 0.6 is 34.8 Å². The monoisotopic (exact) mass is 350 g/mol. The molecule has 0 aliphatic heterocycles. The number of anilines is 2. The zero-order valence-electron chi connectivity index (χ0n) is 10.2. The van der Waals surface area contributed by atoms with Crippen molar-refractivity contribution in [3.05, 3.63) is 56.5 Å². The summed E-state index contributed by atoms with van der Waals surface area (Å²) >= 11 is 17.5. The van der Waals surface area contributed by atoms with E-state index in [0.29, 0.717) is 0 Å². The highest BCUT2D eigenvalue weighted by molar-refractivity contribution is 6.42. The van der Waals surface area contributed by atoms with E-state index in [4.69, 9.17) is 40.5 Å². The highest BCUT2D eigenvalue weighted by Crippen LogP contribution is 2.34. The van der Waals surface area contributed by atoms with Gasteiger partial charge in [-0.1, -0.05) is 34.8 Å². The average molecular weight is 352 g/mol. The lowest BCUT2D eigenvalue weighted by molar-refractivity contribution is 0.102. The molecule has 0 saturated carbocycles. The van der Waals surface area contributed by atoms with Crippen LogP contribution in [0, 0.1) is 11.6 Å². The minimum atomic E-state index is -1.03. The maximum absolute atomic E-state index is 13.3. The summed E-state index contributed by atoms with van der Waals surface area (Å²) in [6.07, 6.45) is 0. The van der Waals surface area contributed by atoms with Gasteiger partial charge < -0.3 is 11.1 Å². The fourth-order valence-corrected chi connectivity index (χ4v) is 2.47. The van der Waals surface area contributed by atoms with Gasteiger partial charge in [0.1, 0.15) is 17.3 Å². The largest absolute Gasteiger partial charge is 0.394 e. The quantitative estimate of drug-likeness (QED) is 0.767. The summed E-state index contributed by atoms with van der Waals surface area (Å²) in [6.45, 7) is 0. The zero-order valence-corrected chi connectivity index (χ0v) is 12.5. The van der Waals surface area contributed by atoms with Gasteiger partial charge in [-0.3, -0.25) is 4.79 Å². The van der Waals surface area contributed by atoms with Gasteiger partial charge in [-0.2, -0.15) is 0 Å². The summed E-state index contributed by atoms with van der Waals surface area (Å²) in [5.41, 5.74) is 4.30. The van der Waals surface area contributed by atoms with Gasteiger partial charge in [0.2, 0.25) is 0 Å². The predicted molar refractivity (Wildman–Crippen MR) is 80.2 cm³/mol. The molecular weight excluding hydrogens is 345 g/mol. The summed E-state index contributed by atoms with van der Waals surface area (Å²) in [5.74, 6) is -2.86. The van der Waals surface area contributed by atoms with E-state index in [1.165, 1.54) is 12.1 Å². The molecule has 0 atom stereocenters. The Morgan fingerprint density at radius 3 is 1.95 bits per heavy atom. The molecule has 8 heteroatoms. The number of carbonyl (C=O) groups is 1. The van der Waals surface area contributed by atoms with Crippen LogP contribution < -0.4 is 11.1 Å². The molecule has 3 N–H and O–H groups in total. The van der Waals surface area contributed by atoms with E-state index < -0.39 is 23.2 Å². The highest BCUT2D eigenvalue weighted by atomic mass is 35.5. The summed E-state index contributed by atoms with van der Waals surface area (Å²) in [5, 5.41) is 2.83. The molecule has 0 spiro atoms. The van der Waals surface area contributed by atoms with Gasteiger partial charge in [-0.15, -0.1) is 0 Å². The molecule has 0 radical (unpaired) electrons. The smallest absolute Gasteiger partial charge is 0.255 e. The van der Waals surface area contributed by atoms with Crippen molar-refractivity contribution in [2.45, 2.75) is 0 Å². The highest BCUT2D eigenvalue weighted by Gasteiger charge is 2.16. The van der Waals surface area contributed by atoms with Crippen molar-refractivity contribution in [3.8, 4) is 0 Å². The standard InChI is InChI=1S/C13H7Cl3F2N2O/c14-6-3-7(15)12(8(16)4-6)20-13(21)5-1-9(17)11(19)10(18)2-5/h1-4H,19H2,(H,20,21). The Labute approximate surface area is 133 Å². The number of nitrogen functional groups attached to an aromatic ring is 1. The van der Waals surface area contributed by atoms with Gasteiger partial charge in [-0.25, -0.2) is 8.78 Å². The molecule has 0 aromatic heterocycles. The molecule has 2 rings (SSSR count). The number of nitrogens with one attached hydrogen (secondary N) is 1. The van der Waals surface area contributed by atoms with Gasteiger partial charge in [0.15, 0.2) is 0 Å². The van der Waals surface area contributed by atoms with Crippen molar-refractivity contribution in [3.63, 3.8) is 0 Å². The van der Waals surface area contributed by atoms with Crippen LogP contribution in [0.5, 0.6) is 0 Å². The second-order valence-corrected chi connectivity index (χ2v) is 5.30. The van der Waals surface area contributed by atoms with Crippen LogP contribution in [0.25, 0.3) is 0 Å². The Bertz CT molecular complexity index is 691. The Morgan fingerprint density at radius 1 is 1.00 bits per heavy atom. The van der Waals surface area contributed by atoms with Gasteiger partial charge in [-0.05, 0) is 24.3 Å². The number of amides is 1. The van der Waals surface area contributed by atoms with Gasteiger partial charge >= 0.3 is 0 Å². The second kappa shape index (κ2) is 6.05. The van der Waals surface area contributed by atoms with Crippen LogP contribution in [0.2, 0.25) is 15.1 Å². The molecule has 110 valence electrons. The van der Waals surface area contributed by atoms with Crippen LogP contribution in [0.3, 0.4) is 0 Å². The molecule has 21 heavy (non-hydrogen) atoms. The Kier molecular flexibility index (Phi) is 4.56. The van der Waals surface area contributed by atoms with E-state index in [1.54, 1.807) is 0 Å². The number of benzene rings is 2. The minimum Gasteiger partial charge on any atom is -0.394 e. The minimum absolute atomic E-state index is 0.0883. The number of carbonyl (C=O) groups excluding carboxylic acids is 1. The van der Waals surface area contributed by atoms with Crippen LogP contribution in [-0.2, 0) is 0 Å². The first-order chi connectivity index (χ1) is 9.79. The topological polar surface area (TPSA) is 55.1 Å². The third-order valence-corrected chi connectivity index (χ3v) is 3.40. The lowest BCUT2D eigenvalue weighted by Crippen LogP contribution is -2.14. The van der Waals surface area contributed by atoms with Crippen molar-refractivity contribution in [2.24, 2.45) is 0 Å². The van der Waals surface area contributed by atoms with Crippen LogP contribution in [0.1, 0.15) is 10.4 Å². The fourth-order valence-electron chi connectivity index (χ4n) is 1.56.